The lowest BCUT2D eigenvalue weighted by molar-refractivity contribution is 0.100. The van der Waals surface area contributed by atoms with Crippen molar-refractivity contribution >= 4 is 11.6 Å². The summed E-state index contributed by atoms with van der Waals surface area (Å²) in [6.45, 7) is 5.15. The van der Waals surface area contributed by atoms with Gasteiger partial charge in [-0.25, -0.2) is 0 Å². The van der Waals surface area contributed by atoms with Crippen molar-refractivity contribution in [1.29, 1.82) is 0 Å². The van der Waals surface area contributed by atoms with Crippen molar-refractivity contribution in [3.8, 4) is 0 Å². The van der Waals surface area contributed by atoms with Crippen LogP contribution in [0.2, 0.25) is 0 Å². The van der Waals surface area contributed by atoms with Gasteiger partial charge in [0.05, 0.1) is 18.8 Å². The Morgan fingerprint density at radius 3 is 2.57 bits per heavy atom. The smallest absolute Gasteiger partial charge is 0.248 e. The molecule has 0 aliphatic heterocycles. The highest BCUT2D eigenvalue weighted by molar-refractivity contribution is 5.93. The van der Waals surface area contributed by atoms with E-state index in [9.17, 15) is 4.79 Å². The van der Waals surface area contributed by atoms with E-state index >= 15 is 0 Å². The lowest BCUT2D eigenvalue weighted by Crippen LogP contribution is -2.10. The van der Waals surface area contributed by atoms with Crippen molar-refractivity contribution in [3.63, 3.8) is 0 Å². The maximum atomic E-state index is 11.0. The molecule has 0 saturated heterocycles. The first-order valence-corrected chi connectivity index (χ1v) is 6.80. The number of aliphatic hydroxyl groups is 1. The molecule has 0 saturated carbocycles. The highest BCUT2D eigenvalue weighted by Crippen LogP contribution is 2.16. The minimum absolute atomic E-state index is 0.0728. The van der Waals surface area contributed by atoms with Crippen LogP contribution in [0.4, 0.5) is 5.69 Å². The van der Waals surface area contributed by atoms with Crippen molar-refractivity contribution in [2.24, 2.45) is 5.73 Å². The molecule has 0 aliphatic rings. The van der Waals surface area contributed by atoms with Crippen LogP contribution < -0.4 is 11.1 Å². The molecule has 2 aromatic rings. The molecule has 112 valence electrons. The molecule has 21 heavy (non-hydrogen) atoms. The normalized spacial score (nSPS) is 10.6. The number of nitrogens with zero attached hydrogens (tertiary/aromatic N) is 2. The minimum Gasteiger partial charge on any atom is -0.394 e. The lowest BCUT2D eigenvalue weighted by Gasteiger charge is -2.08. The van der Waals surface area contributed by atoms with Crippen LogP contribution in [-0.2, 0) is 13.1 Å². The summed E-state index contributed by atoms with van der Waals surface area (Å²) in [6, 6.07) is 7.03. The molecule has 0 unspecified atom stereocenters. The molecule has 0 bridgehead atoms. The van der Waals surface area contributed by atoms with Crippen LogP contribution in [0.1, 0.15) is 27.3 Å². The molecule has 0 aliphatic carbocycles. The predicted molar refractivity (Wildman–Crippen MR) is 81.1 cm³/mol. The summed E-state index contributed by atoms with van der Waals surface area (Å²) in [7, 11) is 0. The number of aryl methyl sites for hydroxylation is 1. The van der Waals surface area contributed by atoms with E-state index in [0.29, 0.717) is 18.7 Å². The van der Waals surface area contributed by atoms with E-state index in [-0.39, 0.29) is 6.61 Å². The Bertz CT molecular complexity index is 632. The SMILES string of the molecule is Cc1nn(CCO)c(C)c1CNc1ccc(C(N)=O)cc1. The second-order valence-corrected chi connectivity index (χ2v) is 4.89. The summed E-state index contributed by atoms with van der Waals surface area (Å²) >= 11 is 0. The quantitative estimate of drug-likeness (QED) is 0.744. The highest BCUT2D eigenvalue weighted by Gasteiger charge is 2.10. The van der Waals surface area contributed by atoms with Gasteiger partial charge in [-0.2, -0.15) is 5.10 Å². The van der Waals surface area contributed by atoms with Gasteiger partial charge in [0, 0.05) is 29.1 Å². The summed E-state index contributed by atoms with van der Waals surface area (Å²) < 4.78 is 1.81. The Balaban J connectivity index is 2.07. The first-order valence-electron chi connectivity index (χ1n) is 6.80. The molecule has 1 aromatic carbocycles. The Hall–Kier alpha value is -2.34. The van der Waals surface area contributed by atoms with Crippen molar-refractivity contribution in [3.05, 3.63) is 46.8 Å². The van der Waals surface area contributed by atoms with Crippen molar-refractivity contribution in [2.75, 3.05) is 11.9 Å². The molecule has 0 fully saturated rings. The Labute approximate surface area is 123 Å². The summed E-state index contributed by atoms with van der Waals surface area (Å²) in [4.78, 5) is 11.0. The van der Waals surface area contributed by atoms with Crippen LogP contribution in [0.5, 0.6) is 0 Å². The third kappa shape index (κ3) is 3.41. The molecule has 1 aromatic heterocycles. The fourth-order valence-corrected chi connectivity index (χ4v) is 2.25. The zero-order valence-electron chi connectivity index (χ0n) is 12.3. The van der Waals surface area contributed by atoms with Crippen LogP contribution in [-0.4, -0.2) is 27.4 Å². The van der Waals surface area contributed by atoms with Gasteiger partial charge < -0.3 is 16.2 Å². The lowest BCUT2D eigenvalue weighted by atomic mass is 10.1. The molecule has 2 rings (SSSR count). The average Bonchev–Trinajstić information content (AvgIpc) is 2.72. The summed E-state index contributed by atoms with van der Waals surface area (Å²) in [5, 5.41) is 16.7. The first kappa shape index (κ1) is 15.1. The van der Waals surface area contributed by atoms with Crippen molar-refractivity contribution < 1.29 is 9.90 Å². The number of aliphatic hydroxyl groups excluding tert-OH is 1. The summed E-state index contributed by atoms with van der Waals surface area (Å²) in [5.41, 5.74) is 9.71. The van der Waals surface area contributed by atoms with Gasteiger partial charge in [-0.15, -0.1) is 0 Å². The fraction of sp³-hybridized carbons (Fsp3) is 0.333. The van der Waals surface area contributed by atoms with Gasteiger partial charge in [0.25, 0.3) is 0 Å². The minimum atomic E-state index is -0.432. The molecular weight excluding hydrogens is 268 g/mol. The Morgan fingerprint density at radius 1 is 1.33 bits per heavy atom. The monoisotopic (exact) mass is 288 g/mol. The third-order valence-electron chi connectivity index (χ3n) is 3.48. The number of carbonyl (C=O) groups excluding carboxylic acids is 1. The maximum Gasteiger partial charge on any atom is 0.248 e. The molecule has 1 heterocycles. The predicted octanol–water partition coefficient (Wildman–Crippen LogP) is 1.20. The van der Waals surface area contributed by atoms with Crippen molar-refractivity contribution in [2.45, 2.75) is 26.9 Å². The second kappa shape index (κ2) is 6.41. The number of hydrogen-bond donors (Lipinski definition) is 3. The topological polar surface area (TPSA) is 93.2 Å². The second-order valence-electron chi connectivity index (χ2n) is 4.89. The van der Waals surface area contributed by atoms with E-state index in [1.54, 1.807) is 12.1 Å². The molecule has 0 radical (unpaired) electrons. The van der Waals surface area contributed by atoms with Crippen molar-refractivity contribution in [1.82, 2.24) is 9.78 Å². The van der Waals surface area contributed by atoms with Crippen LogP contribution in [0, 0.1) is 13.8 Å². The number of rotatable bonds is 6. The average molecular weight is 288 g/mol. The third-order valence-corrected chi connectivity index (χ3v) is 3.48. The standard InChI is InChI=1S/C15H20N4O2/c1-10-14(11(2)19(18-10)7-8-20)9-17-13-5-3-12(4-6-13)15(16)21/h3-6,17,20H,7-9H2,1-2H3,(H2,16,21). The van der Waals surface area contributed by atoms with Gasteiger partial charge in [0.15, 0.2) is 0 Å². The maximum absolute atomic E-state index is 11.0. The van der Waals surface area contributed by atoms with Crippen LogP contribution in [0.15, 0.2) is 24.3 Å². The molecule has 0 spiro atoms. The van der Waals surface area contributed by atoms with Gasteiger partial charge in [-0.3, -0.25) is 9.48 Å². The molecular formula is C15H20N4O2. The van der Waals surface area contributed by atoms with E-state index in [1.807, 2.05) is 30.7 Å². The van der Waals surface area contributed by atoms with Gasteiger partial charge >= 0.3 is 0 Å². The van der Waals surface area contributed by atoms with E-state index in [1.165, 1.54) is 0 Å². The fourth-order valence-electron chi connectivity index (χ4n) is 2.25. The van der Waals surface area contributed by atoms with Gasteiger partial charge in [0.2, 0.25) is 5.91 Å². The largest absolute Gasteiger partial charge is 0.394 e. The van der Waals surface area contributed by atoms with E-state index in [4.69, 9.17) is 10.8 Å². The van der Waals surface area contributed by atoms with Gasteiger partial charge in [-0.05, 0) is 38.1 Å². The number of benzene rings is 1. The van der Waals surface area contributed by atoms with E-state index in [0.717, 1.165) is 22.6 Å². The number of amides is 1. The highest BCUT2D eigenvalue weighted by atomic mass is 16.3. The number of nitrogens with two attached hydrogens (primary N) is 1. The zero-order chi connectivity index (χ0) is 15.4. The van der Waals surface area contributed by atoms with Gasteiger partial charge in [0.1, 0.15) is 0 Å². The number of carbonyl (C=O) groups is 1. The number of primary amides is 1. The van der Waals surface area contributed by atoms with Crippen LogP contribution in [0.3, 0.4) is 0 Å². The van der Waals surface area contributed by atoms with Gasteiger partial charge in [-0.1, -0.05) is 0 Å². The summed E-state index contributed by atoms with van der Waals surface area (Å²) in [6.07, 6.45) is 0. The molecule has 1 amide bonds. The number of hydrogen-bond acceptors (Lipinski definition) is 4. The van der Waals surface area contributed by atoms with Crippen LogP contribution in [0.25, 0.3) is 0 Å². The first-order chi connectivity index (χ1) is 10.0. The Kier molecular flexibility index (Phi) is 4.59. The number of nitrogens with one attached hydrogen (secondary N) is 1. The van der Waals surface area contributed by atoms with E-state index in [2.05, 4.69) is 10.4 Å². The van der Waals surface area contributed by atoms with E-state index < -0.39 is 5.91 Å². The molecule has 4 N–H and O–H groups in total. The summed E-state index contributed by atoms with van der Waals surface area (Å²) in [5.74, 6) is -0.432. The molecule has 0 atom stereocenters. The molecule has 6 nitrogen and oxygen atoms in total. The number of anilines is 1. The zero-order valence-corrected chi connectivity index (χ0v) is 12.3. The number of aromatic nitrogens is 2. The molecule has 6 heteroatoms. The Morgan fingerprint density at radius 2 is 2.00 bits per heavy atom. The van der Waals surface area contributed by atoms with Crippen LogP contribution >= 0.6 is 0 Å².